The van der Waals surface area contributed by atoms with Crippen molar-refractivity contribution in [3.05, 3.63) is 69.7 Å². The zero-order valence-electron chi connectivity index (χ0n) is 21.2. The molecule has 2 aromatic carbocycles. The second-order valence-corrected chi connectivity index (χ2v) is 13.5. The predicted octanol–water partition coefficient (Wildman–Crippen LogP) is 6.42. The van der Waals surface area contributed by atoms with E-state index in [-0.39, 0.29) is 5.82 Å². The fourth-order valence-corrected chi connectivity index (χ4v) is 7.34. The summed E-state index contributed by atoms with van der Waals surface area (Å²) in [4.78, 5) is 4.73. The number of hydrogen-bond acceptors (Lipinski definition) is 5. The molecule has 1 aliphatic heterocycles. The highest BCUT2D eigenvalue weighted by Gasteiger charge is 2.34. The highest BCUT2D eigenvalue weighted by molar-refractivity contribution is 7.99. The summed E-state index contributed by atoms with van der Waals surface area (Å²) >= 11 is 14.7. The molecule has 2 heterocycles. The van der Waals surface area contributed by atoms with Crippen molar-refractivity contribution in [2.24, 2.45) is 5.92 Å². The molecule has 0 aliphatic carbocycles. The number of benzene rings is 2. The Morgan fingerprint density at radius 2 is 1.78 bits per heavy atom. The van der Waals surface area contributed by atoms with Crippen molar-refractivity contribution in [3.63, 3.8) is 0 Å². The van der Waals surface area contributed by atoms with Crippen molar-refractivity contribution in [1.82, 2.24) is 13.9 Å². The Hall–Kier alpha value is -1.78. The van der Waals surface area contributed by atoms with Crippen LogP contribution in [0.3, 0.4) is 0 Å². The summed E-state index contributed by atoms with van der Waals surface area (Å²) in [5.41, 5.74) is 1.85. The summed E-state index contributed by atoms with van der Waals surface area (Å²) in [6.07, 6.45) is 2.82. The normalized spacial score (nSPS) is 15.8. The predicted molar refractivity (Wildman–Crippen MR) is 149 cm³/mol. The number of piperidine rings is 1. The lowest BCUT2D eigenvalue weighted by molar-refractivity contribution is 0.292. The van der Waals surface area contributed by atoms with Crippen molar-refractivity contribution in [2.45, 2.75) is 37.3 Å². The van der Waals surface area contributed by atoms with E-state index in [9.17, 15) is 12.8 Å². The molecule has 3 aromatic rings. The second-order valence-electron chi connectivity index (χ2n) is 9.74. The van der Waals surface area contributed by atoms with E-state index in [4.69, 9.17) is 32.9 Å². The van der Waals surface area contributed by atoms with Gasteiger partial charge in [-0.25, -0.2) is 22.1 Å². The molecule has 0 atom stereocenters. The summed E-state index contributed by atoms with van der Waals surface area (Å²) < 4.78 is 46.5. The number of imidazole rings is 1. The summed E-state index contributed by atoms with van der Waals surface area (Å²) in [6.45, 7) is 5.14. The largest absolute Gasteiger partial charge is 0.495 e. The van der Waals surface area contributed by atoms with E-state index in [1.54, 1.807) is 37.1 Å². The first-order valence-electron chi connectivity index (χ1n) is 11.9. The van der Waals surface area contributed by atoms with Gasteiger partial charge in [0.05, 0.1) is 24.1 Å². The van der Waals surface area contributed by atoms with E-state index in [0.29, 0.717) is 40.1 Å². The highest BCUT2D eigenvalue weighted by atomic mass is 35.5. The third-order valence-electron chi connectivity index (χ3n) is 6.84. The van der Waals surface area contributed by atoms with E-state index in [1.165, 1.54) is 22.7 Å². The average Bonchev–Trinajstić information content (AvgIpc) is 3.19. The Morgan fingerprint density at radius 1 is 1.14 bits per heavy atom. The van der Waals surface area contributed by atoms with Crippen molar-refractivity contribution >= 4 is 45.0 Å². The monoisotopic (exact) mass is 585 g/mol. The second kappa shape index (κ2) is 11.1. The number of thioether (sulfide) groups is 1. The molecule has 0 radical (unpaired) electrons. The molecule has 4 rings (SSSR count). The van der Waals surface area contributed by atoms with Gasteiger partial charge >= 0.3 is 0 Å². The van der Waals surface area contributed by atoms with E-state index in [1.807, 2.05) is 30.5 Å². The van der Waals surface area contributed by atoms with Gasteiger partial charge < -0.3 is 4.74 Å². The first-order valence-corrected chi connectivity index (χ1v) is 15.5. The number of ether oxygens (including phenoxy) is 1. The van der Waals surface area contributed by atoms with Crippen LogP contribution >= 0.6 is 35.0 Å². The summed E-state index contributed by atoms with van der Waals surface area (Å²) in [7, 11) is -1.60. The molecule has 1 saturated heterocycles. The van der Waals surface area contributed by atoms with Gasteiger partial charge in [0.1, 0.15) is 11.6 Å². The number of methoxy groups -OCH3 is 1. The topological polar surface area (TPSA) is 64.4 Å². The first-order chi connectivity index (χ1) is 17.4. The molecule has 0 amide bonds. The van der Waals surface area contributed by atoms with Crippen molar-refractivity contribution < 1.29 is 17.5 Å². The molecule has 6 nitrogen and oxygen atoms in total. The lowest BCUT2D eigenvalue weighted by Crippen LogP contribution is -2.38. The maximum absolute atomic E-state index is 13.8. The summed E-state index contributed by atoms with van der Waals surface area (Å²) in [5.74, 6) is 1.34. The molecule has 200 valence electrons. The number of hydrogen-bond donors (Lipinski definition) is 0. The molecule has 37 heavy (non-hydrogen) atoms. The van der Waals surface area contributed by atoms with Crippen LogP contribution in [0.5, 0.6) is 5.75 Å². The van der Waals surface area contributed by atoms with Gasteiger partial charge in [0.25, 0.3) is 0 Å². The molecule has 0 spiro atoms. The van der Waals surface area contributed by atoms with Gasteiger partial charge in [-0.2, -0.15) is 0 Å². The number of nitrogens with zero attached hydrogens (tertiary/aromatic N) is 3. The first kappa shape index (κ1) is 28.2. The molecular formula is C26H30Cl2FN3O3S2. The third kappa shape index (κ3) is 6.11. The van der Waals surface area contributed by atoms with Gasteiger partial charge in [-0.1, -0.05) is 54.9 Å². The van der Waals surface area contributed by atoms with Gasteiger partial charge in [-0.3, -0.25) is 4.57 Å². The van der Waals surface area contributed by atoms with Crippen LogP contribution in [0.4, 0.5) is 4.39 Å². The van der Waals surface area contributed by atoms with Gasteiger partial charge in [0.2, 0.25) is 10.0 Å². The summed E-state index contributed by atoms with van der Waals surface area (Å²) in [6, 6.07) is 11.9. The standard InChI is InChI=1S/C26H30Cl2FN3O3S2/c1-26(2,18-5-10-21(27)22(15-18)35-3)23-24(28)30-25(32(23)20-8-6-19(29)7-9-20)36-16-17-11-13-31(14-12-17)37(4,33)34/h5-10,15,17H,11-14,16H2,1-4H3. The molecule has 0 bridgehead atoms. The van der Waals surface area contributed by atoms with E-state index in [0.717, 1.165) is 35.5 Å². The number of rotatable bonds is 8. The Morgan fingerprint density at radius 3 is 2.38 bits per heavy atom. The van der Waals surface area contributed by atoms with Crippen LogP contribution in [0.1, 0.15) is 37.9 Å². The van der Waals surface area contributed by atoms with Crippen LogP contribution in [0.25, 0.3) is 5.69 Å². The lowest BCUT2D eigenvalue weighted by Gasteiger charge is -2.30. The fraction of sp³-hybridized carbons (Fsp3) is 0.423. The minimum absolute atomic E-state index is 0.329. The van der Waals surface area contributed by atoms with Crippen LogP contribution in [-0.4, -0.2) is 54.5 Å². The van der Waals surface area contributed by atoms with Crippen molar-refractivity contribution in [1.29, 1.82) is 0 Å². The van der Waals surface area contributed by atoms with E-state index < -0.39 is 15.4 Å². The molecule has 0 unspecified atom stereocenters. The highest BCUT2D eigenvalue weighted by Crippen LogP contribution is 2.42. The van der Waals surface area contributed by atoms with Crippen LogP contribution in [0, 0.1) is 11.7 Å². The smallest absolute Gasteiger partial charge is 0.211 e. The van der Waals surface area contributed by atoms with Gasteiger partial charge in [-0.05, 0) is 60.7 Å². The minimum Gasteiger partial charge on any atom is -0.495 e. The molecule has 11 heteroatoms. The van der Waals surface area contributed by atoms with Crippen LogP contribution in [0.2, 0.25) is 10.2 Å². The summed E-state index contributed by atoms with van der Waals surface area (Å²) in [5, 5.41) is 1.57. The molecule has 1 aromatic heterocycles. The van der Waals surface area contributed by atoms with Gasteiger partial charge in [-0.15, -0.1) is 0 Å². The Kier molecular flexibility index (Phi) is 8.50. The van der Waals surface area contributed by atoms with Gasteiger partial charge in [0.15, 0.2) is 10.3 Å². The zero-order chi connectivity index (χ0) is 27.0. The zero-order valence-corrected chi connectivity index (χ0v) is 24.3. The minimum atomic E-state index is -3.17. The average molecular weight is 587 g/mol. The maximum Gasteiger partial charge on any atom is 0.211 e. The number of halogens is 3. The number of sulfonamides is 1. The van der Waals surface area contributed by atoms with Crippen molar-refractivity contribution in [2.75, 3.05) is 32.2 Å². The molecule has 1 aliphatic rings. The molecule has 0 N–H and O–H groups in total. The Bertz CT molecular complexity index is 1370. The van der Waals surface area contributed by atoms with Crippen LogP contribution < -0.4 is 4.74 Å². The van der Waals surface area contributed by atoms with Crippen LogP contribution in [-0.2, 0) is 15.4 Å². The molecule has 0 saturated carbocycles. The maximum atomic E-state index is 13.8. The third-order valence-corrected chi connectivity index (χ3v) is 9.89. The fourth-order valence-electron chi connectivity index (χ4n) is 4.62. The van der Waals surface area contributed by atoms with E-state index in [2.05, 4.69) is 0 Å². The Labute approximate surface area is 232 Å². The SMILES string of the molecule is COc1cc(C(C)(C)c2c(Cl)nc(SCC3CCN(S(C)(=O)=O)CC3)n2-c2ccc(F)cc2)ccc1Cl. The number of aromatic nitrogens is 2. The van der Waals surface area contributed by atoms with Gasteiger partial charge in [0, 0.05) is 29.9 Å². The molecule has 1 fully saturated rings. The van der Waals surface area contributed by atoms with E-state index >= 15 is 0 Å². The van der Waals surface area contributed by atoms with Crippen LogP contribution in [0.15, 0.2) is 47.6 Å². The molecular weight excluding hydrogens is 556 g/mol. The quantitative estimate of drug-likeness (QED) is 0.285. The van der Waals surface area contributed by atoms with Crippen molar-refractivity contribution in [3.8, 4) is 11.4 Å². The Balaban J connectivity index is 1.69. The lowest BCUT2D eigenvalue weighted by atomic mass is 9.81.